The maximum absolute atomic E-state index is 12.1. The molecule has 1 N–H and O–H groups in total. The van der Waals surface area contributed by atoms with E-state index >= 15 is 0 Å². The van der Waals surface area contributed by atoms with Gasteiger partial charge < -0.3 is 9.67 Å². The first-order valence-corrected chi connectivity index (χ1v) is 10.3. The highest BCUT2D eigenvalue weighted by Gasteiger charge is 2.27. The van der Waals surface area contributed by atoms with E-state index in [0.717, 1.165) is 26.7 Å². The number of aromatic carboxylic acids is 1. The number of halogens is 2. The van der Waals surface area contributed by atoms with Gasteiger partial charge in [0.25, 0.3) is 0 Å². The fourth-order valence-electron chi connectivity index (χ4n) is 3.21. The van der Waals surface area contributed by atoms with Gasteiger partial charge in [-0.25, -0.2) is 4.79 Å². The molecule has 2 heterocycles. The summed E-state index contributed by atoms with van der Waals surface area (Å²) in [4.78, 5) is 17.0. The van der Waals surface area contributed by atoms with Gasteiger partial charge in [0, 0.05) is 45.1 Å². The minimum atomic E-state index is -0.916. The Labute approximate surface area is 178 Å². The molecule has 146 valence electrons. The summed E-state index contributed by atoms with van der Waals surface area (Å²) < 4.78 is 2.05. The van der Waals surface area contributed by atoms with E-state index in [4.69, 9.17) is 23.2 Å². The summed E-state index contributed by atoms with van der Waals surface area (Å²) in [6.45, 7) is 6.42. The van der Waals surface area contributed by atoms with Gasteiger partial charge in [0.2, 0.25) is 0 Å². The Morgan fingerprint density at radius 1 is 1.18 bits per heavy atom. The first-order chi connectivity index (χ1) is 13.3. The van der Waals surface area contributed by atoms with Crippen LogP contribution in [0.25, 0.3) is 0 Å². The van der Waals surface area contributed by atoms with E-state index in [-0.39, 0.29) is 5.92 Å². The number of aromatic nitrogens is 2. The van der Waals surface area contributed by atoms with Crippen molar-refractivity contribution in [3.63, 3.8) is 0 Å². The molecule has 7 heteroatoms. The molecule has 0 aliphatic rings. The quantitative estimate of drug-likeness (QED) is 0.479. The molecule has 0 unspecified atom stereocenters. The molecule has 3 aromatic rings. The van der Waals surface area contributed by atoms with Crippen LogP contribution >= 0.6 is 35.0 Å². The third-order valence-electron chi connectivity index (χ3n) is 4.44. The lowest BCUT2D eigenvalue weighted by Gasteiger charge is -2.14. The van der Waals surface area contributed by atoms with E-state index in [9.17, 15) is 9.90 Å². The molecule has 3 rings (SSSR count). The van der Waals surface area contributed by atoms with E-state index in [1.807, 2.05) is 49.6 Å². The van der Waals surface area contributed by atoms with Gasteiger partial charge in [0.15, 0.2) is 0 Å². The van der Waals surface area contributed by atoms with Crippen LogP contribution in [0.3, 0.4) is 0 Å². The third-order valence-corrected chi connectivity index (χ3v) is 5.98. The summed E-state index contributed by atoms with van der Waals surface area (Å²) in [5, 5.41) is 11.9. The monoisotopic (exact) mass is 434 g/mol. The number of rotatable bonds is 6. The molecule has 0 fully saturated rings. The second-order valence-corrected chi connectivity index (χ2v) is 8.72. The highest BCUT2D eigenvalue weighted by molar-refractivity contribution is 7.99. The lowest BCUT2D eigenvalue weighted by atomic mass is 10.0. The van der Waals surface area contributed by atoms with E-state index in [0.29, 0.717) is 22.2 Å². The van der Waals surface area contributed by atoms with Crippen LogP contribution in [-0.2, 0) is 6.54 Å². The lowest BCUT2D eigenvalue weighted by molar-refractivity contribution is 0.0694. The molecule has 2 aromatic heterocycles. The summed E-state index contributed by atoms with van der Waals surface area (Å²) in [5.74, 6) is -0.874. The summed E-state index contributed by atoms with van der Waals surface area (Å²) >= 11 is 13.8. The number of carboxylic acids is 1. The Balaban J connectivity index is 2.19. The van der Waals surface area contributed by atoms with Gasteiger partial charge in [-0.15, -0.1) is 0 Å². The topological polar surface area (TPSA) is 55.1 Å². The zero-order valence-corrected chi connectivity index (χ0v) is 18.1. The maximum Gasteiger partial charge on any atom is 0.337 e. The van der Waals surface area contributed by atoms with Crippen molar-refractivity contribution < 1.29 is 9.90 Å². The van der Waals surface area contributed by atoms with Crippen molar-refractivity contribution >= 4 is 40.9 Å². The SMILES string of the molecule is Cc1c(C(=O)O)c(C(C)C)c(Sc2cc(Cl)cc(Cl)c2)n1Cc1ccncc1. The van der Waals surface area contributed by atoms with Crippen LogP contribution in [0.15, 0.2) is 52.6 Å². The summed E-state index contributed by atoms with van der Waals surface area (Å²) in [7, 11) is 0. The molecule has 0 aliphatic carbocycles. The Hall–Kier alpha value is -1.95. The molecule has 0 saturated carbocycles. The van der Waals surface area contributed by atoms with Crippen molar-refractivity contribution in [2.75, 3.05) is 0 Å². The number of carboxylic acid groups (broad SMARTS) is 1. The summed E-state index contributed by atoms with van der Waals surface area (Å²) in [6, 6.07) is 9.21. The molecular weight excluding hydrogens is 415 g/mol. The Kier molecular flexibility index (Phi) is 6.38. The van der Waals surface area contributed by atoms with E-state index in [1.165, 1.54) is 11.8 Å². The van der Waals surface area contributed by atoms with E-state index in [2.05, 4.69) is 4.98 Å². The smallest absolute Gasteiger partial charge is 0.337 e. The van der Waals surface area contributed by atoms with Crippen molar-refractivity contribution in [2.45, 2.75) is 43.2 Å². The minimum Gasteiger partial charge on any atom is -0.478 e. The molecule has 0 saturated heterocycles. The van der Waals surface area contributed by atoms with Crippen LogP contribution in [-0.4, -0.2) is 20.6 Å². The Morgan fingerprint density at radius 3 is 2.32 bits per heavy atom. The van der Waals surface area contributed by atoms with Gasteiger partial charge in [-0.1, -0.05) is 48.8 Å². The predicted octanol–water partition coefficient (Wildman–Crippen LogP) is 6.52. The Bertz CT molecular complexity index is 997. The van der Waals surface area contributed by atoms with Crippen LogP contribution in [0.4, 0.5) is 0 Å². The largest absolute Gasteiger partial charge is 0.478 e. The Morgan fingerprint density at radius 2 is 1.79 bits per heavy atom. The number of hydrogen-bond donors (Lipinski definition) is 1. The van der Waals surface area contributed by atoms with Crippen molar-refractivity contribution in [3.8, 4) is 0 Å². The van der Waals surface area contributed by atoms with Gasteiger partial charge in [-0.05, 0) is 48.7 Å². The van der Waals surface area contributed by atoms with Gasteiger partial charge in [0.05, 0.1) is 10.6 Å². The highest BCUT2D eigenvalue weighted by Crippen LogP contribution is 2.41. The number of carbonyl (C=O) groups is 1. The van der Waals surface area contributed by atoms with Crippen molar-refractivity contribution in [1.29, 1.82) is 0 Å². The van der Waals surface area contributed by atoms with Gasteiger partial charge in [-0.2, -0.15) is 0 Å². The first-order valence-electron chi connectivity index (χ1n) is 8.77. The van der Waals surface area contributed by atoms with Crippen molar-refractivity contribution in [3.05, 3.63) is 75.2 Å². The number of benzene rings is 1. The maximum atomic E-state index is 12.1. The van der Waals surface area contributed by atoms with Gasteiger partial charge in [-0.3, -0.25) is 4.98 Å². The van der Waals surface area contributed by atoms with E-state index < -0.39 is 5.97 Å². The van der Waals surface area contributed by atoms with Crippen molar-refractivity contribution in [1.82, 2.24) is 9.55 Å². The average Bonchev–Trinajstić information content (AvgIpc) is 2.88. The fraction of sp³-hybridized carbons (Fsp3) is 0.238. The number of nitrogens with zero attached hydrogens (tertiary/aromatic N) is 2. The highest BCUT2D eigenvalue weighted by atomic mass is 35.5. The van der Waals surface area contributed by atoms with E-state index in [1.54, 1.807) is 18.5 Å². The molecule has 0 spiro atoms. The predicted molar refractivity (Wildman–Crippen MR) is 114 cm³/mol. The zero-order chi connectivity index (χ0) is 20.4. The van der Waals surface area contributed by atoms with Crippen molar-refractivity contribution in [2.24, 2.45) is 0 Å². The van der Waals surface area contributed by atoms with Gasteiger partial charge >= 0.3 is 5.97 Å². The first kappa shape index (κ1) is 20.8. The van der Waals surface area contributed by atoms with Gasteiger partial charge in [0.1, 0.15) is 0 Å². The van der Waals surface area contributed by atoms with Crippen LogP contribution in [0, 0.1) is 6.92 Å². The second-order valence-electron chi connectivity index (χ2n) is 6.79. The molecule has 0 amide bonds. The molecular formula is C21H20Cl2N2O2S. The fourth-order valence-corrected chi connectivity index (χ4v) is 5.22. The number of pyridine rings is 1. The standard InChI is InChI=1S/C21H20Cl2N2O2S/c1-12(2)18-19(21(26)27)13(3)25(11-14-4-6-24-7-5-14)20(18)28-17-9-15(22)8-16(23)10-17/h4-10,12H,11H2,1-3H3,(H,26,27). The molecule has 0 radical (unpaired) electrons. The van der Waals surface area contributed by atoms with Crippen LogP contribution in [0.5, 0.6) is 0 Å². The molecule has 1 aromatic carbocycles. The molecule has 0 atom stereocenters. The normalized spacial score (nSPS) is 11.2. The molecule has 0 aliphatic heterocycles. The average molecular weight is 435 g/mol. The third kappa shape index (κ3) is 4.37. The summed E-state index contributed by atoms with van der Waals surface area (Å²) in [5.41, 5.74) is 2.95. The summed E-state index contributed by atoms with van der Waals surface area (Å²) in [6.07, 6.45) is 3.47. The molecule has 0 bridgehead atoms. The molecule has 28 heavy (non-hydrogen) atoms. The second kappa shape index (κ2) is 8.60. The van der Waals surface area contributed by atoms with Crippen LogP contribution in [0.1, 0.15) is 46.9 Å². The number of hydrogen-bond acceptors (Lipinski definition) is 3. The van der Waals surface area contributed by atoms with Crippen LogP contribution < -0.4 is 0 Å². The van der Waals surface area contributed by atoms with Crippen LogP contribution in [0.2, 0.25) is 10.0 Å². The lowest BCUT2D eigenvalue weighted by Crippen LogP contribution is -2.05. The zero-order valence-electron chi connectivity index (χ0n) is 15.7. The molecule has 4 nitrogen and oxygen atoms in total. The minimum absolute atomic E-state index is 0.0423.